The maximum absolute atomic E-state index is 4.32. The maximum atomic E-state index is 4.32. The van der Waals surface area contributed by atoms with Gasteiger partial charge in [0.15, 0.2) is 11.5 Å². The molecule has 2 aromatic heterocycles. The van der Waals surface area contributed by atoms with Crippen molar-refractivity contribution >= 4 is 17.4 Å². The number of nitrogens with one attached hydrogen (secondary N) is 1. The average Bonchev–Trinajstić information content (AvgIpc) is 2.75. The summed E-state index contributed by atoms with van der Waals surface area (Å²) in [6, 6.07) is 6.44. The van der Waals surface area contributed by atoms with Crippen LogP contribution in [0.2, 0.25) is 0 Å². The third-order valence-electron chi connectivity index (χ3n) is 2.88. The highest BCUT2D eigenvalue weighted by atomic mass is 32.2. The first kappa shape index (κ1) is 10.1. The molecule has 1 aliphatic rings. The maximum Gasteiger partial charge on any atom is 0.161 e. The van der Waals surface area contributed by atoms with Gasteiger partial charge >= 0.3 is 0 Å². The molecule has 1 fully saturated rings. The van der Waals surface area contributed by atoms with Crippen LogP contribution < -0.4 is 5.32 Å². The summed E-state index contributed by atoms with van der Waals surface area (Å²) in [6.07, 6.45) is 0. The van der Waals surface area contributed by atoms with E-state index in [2.05, 4.69) is 32.9 Å². The summed E-state index contributed by atoms with van der Waals surface area (Å²) in [6.45, 7) is 3.14. The predicted molar refractivity (Wildman–Crippen MR) is 65.8 cm³/mol. The van der Waals surface area contributed by atoms with Crippen LogP contribution >= 0.6 is 11.8 Å². The van der Waals surface area contributed by atoms with Crippen LogP contribution in [0, 0.1) is 6.92 Å². The second-order valence-corrected chi connectivity index (χ2v) is 5.15. The van der Waals surface area contributed by atoms with Crippen LogP contribution in [0.15, 0.2) is 18.2 Å². The van der Waals surface area contributed by atoms with Crippen LogP contribution in [0.5, 0.6) is 0 Å². The molecule has 2 aromatic rings. The van der Waals surface area contributed by atoms with Gasteiger partial charge in [-0.3, -0.25) is 4.40 Å². The number of nitrogens with zero attached hydrogens (tertiary/aromatic N) is 3. The molecule has 3 rings (SSSR count). The SMILES string of the molecule is Cc1cccc2nnc(C3CSCCN3)n12. The number of thioether (sulfide) groups is 1. The lowest BCUT2D eigenvalue weighted by Gasteiger charge is -2.21. The van der Waals surface area contributed by atoms with Crippen LogP contribution in [0.3, 0.4) is 0 Å². The van der Waals surface area contributed by atoms with Gasteiger partial charge in [0.05, 0.1) is 6.04 Å². The van der Waals surface area contributed by atoms with Gasteiger partial charge in [0.2, 0.25) is 0 Å². The summed E-state index contributed by atoms with van der Waals surface area (Å²) < 4.78 is 2.14. The lowest BCUT2D eigenvalue weighted by molar-refractivity contribution is 0.557. The molecule has 4 nitrogen and oxygen atoms in total. The van der Waals surface area contributed by atoms with Crippen molar-refractivity contribution in [3.8, 4) is 0 Å². The highest BCUT2D eigenvalue weighted by Gasteiger charge is 2.20. The van der Waals surface area contributed by atoms with Gasteiger partial charge in [0.25, 0.3) is 0 Å². The van der Waals surface area contributed by atoms with Gasteiger partial charge in [-0.25, -0.2) is 0 Å². The monoisotopic (exact) mass is 234 g/mol. The Morgan fingerprint density at radius 3 is 3.19 bits per heavy atom. The van der Waals surface area contributed by atoms with E-state index in [4.69, 9.17) is 0 Å². The van der Waals surface area contributed by atoms with Crippen molar-refractivity contribution in [2.75, 3.05) is 18.1 Å². The second-order valence-electron chi connectivity index (χ2n) is 4.00. The van der Waals surface area contributed by atoms with Crippen LogP contribution in [-0.4, -0.2) is 32.6 Å². The van der Waals surface area contributed by atoms with Crippen molar-refractivity contribution in [1.29, 1.82) is 0 Å². The fourth-order valence-corrected chi connectivity index (χ4v) is 3.01. The van der Waals surface area contributed by atoms with E-state index in [0.717, 1.165) is 23.8 Å². The van der Waals surface area contributed by atoms with Crippen molar-refractivity contribution < 1.29 is 0 Å². The molecule has 0 aromatic carbocycles. The number of pyridine rings is 1. The standard InChI is InChI=1S/C11H14N4S/c1-8-3-2-4-10-13-14-11(15(8)10)9-7-16-6-5-12-9/h2-4,9,12H,5-7H2,1H3. The minimum absolute atomic E-state index is 0.329. The van der Waals surface area contributed by atoms with E-state index in [1.807, 2.05) is 23.9 Å². The van der Waals surface area contributed by atoms with Gasteiger partial charge in [-0.05, 0) is 19.1 Å². The highest BCUT2D eigenvalue weighted by molar-refractivity contribution is 7.99. The first-order chi connectivity index (χ1) is 7.86. The lowest BCUT2D eigenvalue weighted by Crippen LogP contribution is -2.31. The Kier molecular flexibility index (Phi) is 2.57. The number of aromatic nitrogens is 3. The molecule has 5 heteroatoms. The molecule has 0 radical (unpaired) electrons. The summed E-state index contributed by atoms with van der Waals surface area (Å²) in [5.41, 5.74) is 2.13. The molecule has 0 spiro atoms. The number of hydrogen-bond donors (Lipinski definition) is 1. The molecule has 3 heterocycles. The fourth-order valence-electron chi connectivity index (χ4n) is 2.08. The Bertz CT molecular complexity index is 502. The fraction of sp³-hybridized carbons (Fsp3) is 0.455. The van der Waals surface area contributed by atoms with E-state index in [-0.39, 0.29) is 0 Å². The van der Waals surface area contributed by atoms with E-state index in [9.17, 15) is 0 Å². The molecule has 1 aliphatic heterocycles. The molecule has 0 bridgehead atoms. The van der Waals surface area contributed by atoms with Crippen molar-refractivity contribution in [3.63, 3.8) is 0 Å². The molecule has 0 amide bonds. The van der Waals surface area contributed by atoms with Crippen molar-refractivity contribution in [1.82, 2.24) is 19.9 Å². The van der Waals surface area contributed by atoms with Crippen molar-refractivity contribution in [3.05, 3.63) is 29.7 Å². The normalized spacial score (nSPS) is 21.4. The molecule has 16 heavy (non-hydrogen) atoms. The predicted octanol–water partition coefficient (Wildman–Crippen LogP) is 1.42. The molecular formula is C11H14N4S. The number of hydrogen-bond acceptors (Lipinski definition) is 4. The van der Waals surface area contributed by atoms with Gasteiger partial charge in [0, 0.05) is 23.7 Å². The van der Waals surface area contributed by atoms with Gasteiger partial charge < -0.3 is 5.32 Å². The molecule has 1 N–H and O–H groups in total. The third-order valence-corrected chi connectivity index (χ3v) is 3.94. The Labute approximate surface area is 98.4 Å². The minimum atomic E-state index is 0.329. The summed E-state index contributed by atoms with van der Waals surface area (Å²) >= 11 is 1.97. The van der Waals surface area contributed by atoms with E-state index >= 15 is 0 Å². The molecule has 0 aliphatic carbocycles. The Morgan fingerprint density at radius 1 is 1.44 bits per heavy atom. The van der Waals surface area contributed by atoms with Crippen LogP contribution in [-0.2, 0) is 0 Å². The third kappa shape index (κ3) is 1.60. The highest BCUT2D eigenvalue weighted by Crippen LogP contribution is 2.21. The topological polar surface area (TPSA) is 42.2 Å². The molecule has 0 saturated carbocycles. The smallest absolute Gasteiger partial charge is 0.161 e. The molecule has 1 atom stereocenters. The minimum Gasteiger partial charge on any atom is -0.306 e. The van der Waals surface area contributed by atoms with Crippen LogP contribution in [0.4, 0.5) is 0 Å². The van der Waals surface area contributed by atoms with Gasteiger partial charge in [0.1, 0.15) is 0 Å². The number of fused-ring (bicyclic) bond motifs is 1. The Hall–Kier alpha value is -1.07. The summed E-state index contributed by atoms with van der Waals surface area (Å²) in [7, 11) is 0. The zero-order valence-electron chi connectivity index (χ0n) is 9.18. The van der Waals surface area contributed by atoms with E-state index < -0.39 is 0 Å². The zero-order valence-corrected chi connectivity index (χ0v) is 10.00. The second kappa shape index (κ2) is 4.07. The molecule has 1 unspecified atom stereocenters. The summed E-state index contributed by atoms with van der Waals surface area (Å²) in [4.78, 5) is 0. The van der Waals surface area contributed by atoms with Crippen molar-refractivity contribution in [2.45, 2.75) is 13.0 Å². The quantitative estimate of drug-likeness (QED) is 0.810. The summed E-state index contributed by atoms with van der Waals surface area (Å²) in [5.74, 6) is 3.31. The first-order valence-electron chi connectivity index (χ1n) is 5.48. The number of aryl methyl sites for hydroxylation is 1. The lowest BCUT2D eigenvalue weighted by atomic mass is 10.3. The summed E-state index contributed by atoms with van der Waals surface area (Å²) in [5, 5.41) is 12.0. The Morgan fingerprint density at radius 2 is 2.38 bits per heavy atom. The van der Waals surface area contributed by atoms with E-state index in [1.165, 1.54) is 11.4 Å². The van der Waals surface area contributed by atoms with E-state index in [0.29, 0.717) is 6.04 Å². The Balaban J connectivity index is 2.09. The van der Waals surface area contributed by atoms with E-state index in [1.54, 1.807) is 0 Å². The first-order valence-corrected chi connectivity index (χ1v) is 6.63. The average molecular weight is 234 g/mol. The zero-order chi connectivity index (χ0) is 11.0. The molecule has 1 saturated heterocycles. The number of rotatable bonds is 1. The van der Waals surface area contributed by atoms with Gasteiger partial charge in [-0.2, -0.15) is 11.8 Å². The van der Waals surface area contributed by atoms with Crippen LogP contribution in [0.1, 0.15) is 17.6 Å². The van der Waals surface area contributed by atoms with Gasteiger partial charge in [-0.1, -0.05) is 6.07 Å². The molecular weight excluding hydrogens is 220 g/mol. The van der Waals surface area contributed by atoms with Gasteiger partial charge in [-0.15, -0.1) is 10.2 Å². The van der Waals surface area contributed by atoms with Crippen molar-refractivity contribution in [2.24, 2.45) is 0 Å². The van der Waals surface area contributed by atoms with Crippen LogP contribution in [0.25, 0.3) is 5.65 Å². The largest absolute Gasteiger partial charge is 0.306 e. The molecule has 84 valence electrons.